The van der Waals surface area contributed by atoms with Gasteiger partial charge in [-0.3, -0.25) is 9.00 Å². The van der Waals surface area contributed by atoms with Crippen LogP contribution in [0.15, 0.2) is 62.4 Å². The monoisotopic (exact) mass is 400 g/mol. The zero-order valence-corrected chi connectivity index (χ0v) is 13.8. The SMILES string of the molecule is O=C(CS(=O)c1cccc(Br)c1)c1cccc(Br)c1. The molecule has 0 aliphatic carbocycles. The number of ketones is 1. The Kier molecular flexibility index (Phi) is 5.07. The molecule has 98 valence electrons. The van der Waals surface area contributed by atoms with Gasteiger partial charge >= 0.3 is 0 Å². The molecular formula is C14H10Br2O2S. The predicted octanol–water partition coefficient (Wildman–Crippen LogP) is 4.20. The van der Waals surface area contributed by atoms with Crippen LogP contribution >= 0.6 is 31.9 Å². The molecule has 0 saturated carbocycles. The number of rotatable bonds is 4. The van der Waals surface area contributed by atoms with Gasteiger partial charge < -0.3 is 0 Å². The van der Waals surface area contributed by atoms with Gasteiger partial charge in [0.2, 0.25) is 0 Å². The first-order valence-corrected chi connectivity index (χ1v) is 8.39. The van der Waals surface area contributed by atoms with Crippen LogP contribution < -0.4 is 0 Å². The van der Waals surface area contributed by atoms with Gasteiger partial charge in [-0.25, -0.2) is 0 Å². The molecule has 0 aromatic heterocycles. The molecule has 2 aromatic rings. The van der Waals surface area contributed by atoms with Gasteiger partial charge in [-0.1, -0.05) is 50.1 Å². The van der Waals surface area contributed by atoms with Crippen LogP contribution in [0, 0.1) is 0 Å². The molecule has 0 spiro atoms. The van der Waals surface area contributed by atoms with Gasteiger partial charge in [0.25, 0.3) is 0 Å². The molecule has 1 unspecified atom stereocenters. The topological polar surface area (TPSA) is 34.1 Å². The van der Waals surface area contributed by atoms with E-state index >= 15 is 0 Å². The van der Waals surface area contributed by atoms with Crippen LogP contribution in [0.4, 0.5) is 0 Å². The molecule has 2 aromatic carbocycles. The molecule has 2 nitrogen and oxygen atoms in total. The number of hydrogen-bond donors (Lipinski definition) is 0. The Labute approximate surface area is 130 Å². The van der Waals surface area contributed by atoms with E-state index in [1.54, 1.807) is 36.4 Å². The Morgan fingerprint density at radius 1 is 1.00 bits per heavy atom. The van der Waals surface area contributed by atoms with Crippen molar-refractivity contribution >= 4 is 48.4 Å². The first-order valence-electron chi connectivity index (χ1n) is 5.49. The Hall–Kier alpha value is -0.780. The van der Waals surface area contributed by atoms with Crippen molar-refractivity contribution < 1.29 is 9.00 Å². The summed E-state index contributed by atoms with van der Waals surface area (Å²) in [7, 11) is -1.33. The zero-order chi connectivity index (χ0) is 13.8. The molecule has 0 N–H and O–H groups in total. The highest BCUT2D eigenvalue weighted by atomic mass is 79.9. The fourth-order valence-corrected chi connectivity index (χ4v) is 3.57. The van der Waals surface area contributed by atoms with E-state index in [1.807, 2.05) is 12.1 Å². The van der Waals surface area contributed by atoms with Crippen LogP contribution in [-0.2, 0) is 10.8 Å². The van der Waals surface area contributed by atoms with E-state index in [4.69, 9.17) is 0 Å². The Morgan fingerprint density at radius 2 is 1.63 bits per heavy atom. The molecule has 19 heavy (non-hydrogen) atoms. The quantitative estimate of drug-likeness (QED) is 0.719. The van der Waals surface area contributed by atoms with Gasteiger partial charge in [0.1, 0.15) is 0 Å². The third-order valence-electron chi connectivity index (χ3n) is 2.47. The molecule has 0 radical (unpaired) electrons. The minimum absolute atomic E-state index is 0.00704. The van der Waals surface area contributed by atoms with Crippen molar-refractivity contribution in [3.05, 3.63) is 63.0 Å². The van der Waals surface area contributed by atoms with Crippen molar-refractivity contribution in [2.45, 2.75) is 4.90 Å². The largest absolute Gasteiger partial charge is 0.293 e. The number of benzene rings is 2. The maximum absolute atomic E-state index is 12.1. The van der Waals surface area contributed by atoms with E-state index in [9.17, 15) is 9.00 Å². The summed E-state index contributed by atoms with van der Waals surface area (Å²) in [4.78, 5) is 12.7. The summed E-state index contributed by atoms with van der Waals surface area (Å²) in [6.07, 6.45) is 0. The third kappa shape index (κ3) is 4.09. The van der Waals surface area contributed by atoms with Crippen LogP contribution in [0.2, 0.25) is 0 Å². The lowest BCUT2D eigenvalue weighted by Gasteiger charge is -2.03. The molecule has 0 fully saturated rings. The highest BCUT2D eigenvalue weighted by Crippen LogP contribution is 2.17. The highest BCUT2D eigenvalue weighted by molar-refractivity contribution is 9.10. The summed E-state index contributed by atoms with van der Waals surface area (Å²) in [5.41, 5.74) is 0.567. The number of carbonyl (C=O) groups is 1. The lowest BCUT2D eigenvalue weighted by Crippen LogP contribution is -2.11. The first kappa shape index (κ1) is 14.6. The van der Waals surface area contributed by atoms with Gasteiger partial charge in [0.05, 0.1) is 16.6 Å². The van der Waals surface area contributed by atoms with Gasteiger partial charge in [0.15, 0.2) is 5.78 Å². The van der Waals surface area contributed by atoms with E-state index < -0.39 is 10.8 Å². The molecular weight excluding hydrogens is 392 g/mol. The Balaban J connectivity index is 2.13. The highest BCUT2D eigenvalue weighted by Gasteiger charge is 2.12. The summed E-state index contributed by atoms with van der Waals surface area (Å²) >= 11 is 6.64. The first-order chi connectivity index (χ1) is 9.06. The summed E-state index contributed by atoms with van der Waals surface area (Å²) in [6.45, 7) is 0. The van der Waals surface area contributed by atoms with E-state index in [0.29, 0.717) is 10.5 Å². The van der Waals surface area contributed by atoms with Crippen LogP contribution in [0.25, 0.3) is 0 Å². The fraction of sp³-hybridized carbons (Fsp3) is 0.0714. The van der Waals surface area contributed by atoms with E-state index in [0.717, 1.165) is 8.95 Å². The van der Waals surface area contributed by atoms with Crippen LogP contribution in [0.1, 0.15) is 10.4 Å². The molecule has 0 aliphatic rings. The second-order valence-electron chi connectivity index (χ2n) is 3.88. The molecule has 2 rings (SSSR count). The standard InChI is InChI=1S/C14H10Br2O2S/c15-11-4-1-3-10(7-11)14(17)9-19(18)13-6-2-5-12(16)8-13/h1-8H,9H2. The summed E-state index contributed by atoms with van der Waals surface area (Å²) in [5, 5.41) is 0. The summed E-state index contributed by atoms with van der Waals surface area (Å²) in [6, 6.07) is 14.3. The number of carbonyl (C=O) groups excluding carboxylic acids is 1. The van der Waals surface area contributed by atoms with Gasteiger partial charge in [0, 0.05) is 19.4 Å². The molecule has 0 aliphatic heterocycles. The lowest BCUT2D eigenvalue weighted by atomic mass is 10.2. The third-order valence-corrected chi connectivity index (χ3v) is 4.76. The van der Waals surface area contributed by atoms with Crippen molar-refractivity contribution in [1.82, 2.24) is 0 Å². The second-order valence-corrected chi connectivity index (χ2v) is 7.16. The van der Waals surface area contributed by atoms with Crippen LogP contribution in [0.3, 0.4) is 0 Å². The van der Waals surface area contributed by atoms with Crippen LogP contribution in [-0.4, -0.2) is 15.7 Å². The average molecular weight is 402 g/mol. The predicted molar refractivity (Wildman–Crippen MR) is 83.9 cm³/mol. The van der Waals surface area contributed by atoms with Crippen molar-refractivity contribution in [2.75, 3.05) is 5.75 Å². The zero-order valence-electron chi connectivity index (χ0n) is 9.81. The smallest absolute Gasteiger partial charge is 0.175 e. The van der Waals surface area contributed by atoms with Gasteiger partial charge in [-0.15, -0.1) is 0 Å². The minimum Gasteiger partial charge on any atom is -0.293 e. The van der Waals surface area contributed by atoms with E-state index in [2.05, 4.69) is 31.9 Å². The minimum atomic E-state index is -1.33. The van der Waals surface area contributed by atoms with E-state index in [1.165, 1.54) is 0 Å². The molecule has 0 amide bonds. The van der Waals surface area contributed by atoms with Crippen molar-refractivity contribution in [1.29, 1.82) is 0 Å². The van der Waals surface area contributed by atoms with E-state index in [-0.39, 0.29) is 11.5 Å². The maximum Gasteiger partial charge on any atom is 0.175 e. The van der Waals surface area contributed by atoms with Gasteiger partial charge in [-0.05, 0) is 30.3 Å². The summed E-state index contributed by atoms with van der Waals surface area (Å²) in [5.74, 6) is -0.132. The Morgan fingerprint density at radius 3 is 2.26 bits per heavy atom. The molecule has 0 bridgehead atoms. The van der Waals surface area contributed by atoms with Crippen molar-refractivity contribution in [2.24, 2.45) is 0 Å². The molecule has 1 atom stereocenters. The van der Waals surface area contributed by atoms with Crippen LogP contribution in [0.5, 0.6) is 0 Å². The molecule has 0 heterocycles. The Bertz CT molecular complexity index is 585. The number of halogens is 2. The average Bonchev–Trinajstić information content (AvgIpc) is 2.38. The number of Topliss-reactive ketones (excluding diaryl/α,β-unsaturated/α-hetero) is 1. The summed E-state index contributed by atoms with van der Waals surface area (Å²) < 4.78 is 13.8. The van der Waals surface area contributed by atoms with Crippen molar-refractivity contribution in [3.8, 4) is 0 Å². The molecule has 5 heteroatoms. The number of hydrogen-bond acceptors (Lipinski definition) is 2. The lowest BCUT2D eigenvalue weighted by molar-refractivity contribution is 0.102. The molecule has 0 saturated heterocycles. The fourth-order valence-electron chi connectivity index (χ4n) is 1.56. The maximum atomic E-state index is 12.1. The van der Waals surface area contributed by atoms with Crippen molar-refractivity contribution in [3.63, 3.8) is 0 Å². The van der Waals surface area contributed by atoms with Gasteiger partial charge in [-0.2, -0.15) is 0 Å². The normalized spacial score (nSPS) is 12.1. The second kappa shape index (κ2) is 6.59.